The first-order valence-electron chi connectivity index (χ1n) is 5.12. The van der Waals surface area contributed by atoms with Crippen molar-refractivity contribution in [2.24, 2.45) is 0 Å². The Kier molecular flexibility index (Phi) is 2.18. The van der Waals surface area contributed by atoms with Crippen LogP contribution in [0, 0.1) is 6.92 Å². The zero-order chi connectivity index (χ0) is 11.0. The van der Waals surface area contributed by atoms with Crippen LogP contribution >= 0.6 is 11.3 Å². The van der Waals surface area contributed by atoms with E-state index in [1.165, 1.54) is 20.5 Å². The van der Waals surface area contributed by atoms with Crippen LogP contribution in [0.3, 0.4) is 0 Å². The molecule has 2 heterocycles. The van der Waals surface area contributed by atoms with Gasteiger partial charge in [-0.2, -0.15) is 10.2 Å². The monoisotopic (exact) mass is 226 g/mol. The van der Waals surface area contributed by atoms with E-state index in [9.17, 15) is 0 Å². The number of hydrogen-bond acceptors (Lipinski definition) is 3. The van der Waals surface area contributed by atoms with Crippen molar-refractivity contribution in [3.05, 3.63) is 48.3 Å². The molecule has 0 bridgehead atoms. The highest BCUT2D eigenvalue weighted by molar-refractivity contribution is 7.22. The van der Waals surface area contributed by atoms with Crippen molar-refractivity contribution in [3.63, 3.8) is 0 Å². The van der Waals surface area contributed by atoms with E-state index in [1.54, 1.807) is 11.3 Å². The van der Waals surface area contributed by atoms with Gasteiger partial charge in [0.25, 0.3) is 0 Å². The molecule has 3 aromatic rings. The molecule has 0 aliphatic rings. The summed E-state index contributed by atoms with van der Waals surface area (Å²) in [6.45, 7) is 2.00. The molecule has 0 radical (unpaired) electrons. The third-order valence-electron chi connectivity index (χ3n) is 2.59. The molecule has 1 aromatic carbocycles. The number of aromatic nitrogens is 2. The lowest BCUT2D eigenvalue weighted by molar-refractivity contribution is 1.01. The maximum absolute atomic E-state index is 4.07. The molecular formula is C13H10N2S. The van der Waals surface area contributed by atoms with Crippen LogP contribution in [0.5, 0.6) is 0 Å². The summed E-state index contributed by atoms with van der Waals surface area (Å²) in [6.07, 6.45) is 1.83. The molecule has 0 unspecified atom stereocenters. The van der Waals surface area contributed by atoms with Gasteiger partial charge >= 0.3 is 0 Å². The molecule has 0 saturated heterocycles. The van der Waals surface area contributed by atoms with Crippen molar-refractivity contribution in [3.8, 4) is 10.4 Å². The third kappa shape index (κ3) is 1.49. The van der Waals surface area contributed by atoms with Crippen molar-refractivity contribution in [1.29, 1.82) is 0 Å². The van der Waals surface area contributed by atoms with Crippen LogP contribution in [0.25, 0.3) is 20.5 Å². The lowest BCUT2D eigenvalue weighted by Gasteiger charge is -1.93. The van der Waals surface area contributed by atoms with Gasteiger partial charge in [-0.25, -0.2) is 0 Å². The van der Waals surface area contributed by atoms with Crippen LogP contribution < -0.4 is 0 Å². The fourth-order valence-corrected chi connectivity index (χ4v) is 2.83. The number of fused-ring (bicyclic) bond motifs is 1. The number of hydrogen-bond donors (Lipinski definition) is 0. The normalized spacial score (nSPS) is 10.8. The van der Waals surface area contributed by atoms with Gasteiger partial charge < -0.3 is 0 Å². The third-order valence-corrected chi connectivity index (χ3v) is 3.71. The molecule has 3 heteroatoms. The van der Waals surface area contributed by atoms with Crippen molar-refractivity contribution >= 4 is 21.4 Å². The van der Waals surface area contributed by atoms with Gasteiger partial charge in [0.15, 0.2) is 0 Å². The molecule has 0 aliphatic carbocycles. The van der Waals surface area contributed by atoms with Crippen molar-refractivity contribution < 1.29 is 0 Å². The van der Waals surface area contributed by atoms with Crippen LogP contribution in [0.2, 0.25) is 0 Å². The predicted octanol–water partition coefficient (Wildman–Crippen LogP) is 3.67. The Morgan fingerprint density at radius 3 is 2.69 bits per heavy atom. The van der Waals surface area contributed by atoms with E-state index in [0.29, 0.717) is 0 Å². The van der Waals surface area contributed by atoms with Gasteiger partial charge in [-0.1, -0.05) is 30.3 Å². The second-order valence-corrected chi connectivity index (χ2v) is 4.77. The molecular weight excluding hydrogens is 216 g/mol. The number of thiophene rings is 1. The summed E-state index contributed by atoms with van der Waals surface area (Å²) in [5.41, 5.74) is 2.25. The van der Waals surface area contributed by atoms with E-state index in [2.05, 4.69) is 40.5 Å². The summed E-state index contributed by atoms with van der Waals surface area (Å²) in [5, 5.41) is 9.26. The zero-order valence-electron chi connectivity index (χ0n) is 8.84. The summed E-state index contributed by atoms with van der Waals surface area (Å²) in [6, 6.07) is 12.6. The average molecular weight is 226 g/mol. The van der Waals surface area contributed by atoms with Gasteiger partial charge in [0, 0.05) is 10.3 Å². The highest BCUT2D eigenvalue weighted by atomic mass is 32.1. The fourth-order valence-electron chi connectivity index (χ4n) is 1.75. The summed E-state index contributed by atoms with van der Waals surface area (Å²) in [5.74, 6) is 0. The minimum atomic E-state index is 0.996. The van der Waals surface area contributed by atoms with Gasteiger partial charge in [0.05, 0.1) is 16.6 Å². The molecule has 2 aromatic heterocycles. The largest absolute Gasteiger partial charge is 0.157 e. The van der Waals surface area contributed by atoms with Crippen LogP contribution in [0.15, 0.2) is 42.6 Å². The van der Waals surface area contributed by atoms with Crippen molar-refractivity contribution in [1.82, 2.24) is 10.2 Å². The first kappa shape index (κ1) is 9.48. The zero-order valence-corrected chi connectivity index (χ0v) is 9.66. The molecule has 0 fully saturated rings. The quantitative estimate of drug-likeness (QED) is 0.632. The Balaban J connectivity index is 2.23. The first-order valence-corrected chi connectivity index (χ1v) is 5.93. The van der Waals surface area contributed by atoms with Gasteiger partial charge in [-0.05, 0) is 18.6 Å². The molecule has 0 spiro atoms. The number of nitrogens with zero attached hydrogens (tertiary/aromatic N) is 2. The number of benzene rings is 1. The minimum Gasteiger partial charge on any atom is -0.157 e. The molecule has 0 aliphatic heterocycles. The van der Waals surface area contributed by atoms with Crippen LogP contribution in [0.4, 0.5) is 0 Å². The van der Waals surface area contributed by atoms with E-state index in [4.69, 9.17) is 0 Å². The maximum atomic E-state index is 4.07. The molecule has 16 heavy (non-hydrogen) atoms. The van der Waals surface area contributed by atoms with Gasteiger partial charge in [-0.3, -0.25) is 0 Å². The lowest BCUT2D eigenvalue weighted by atomic mass is 10.1. The van der Waals surface area contributed by atoms with E-state index < -0.39 is 0 Å². The Morgan fingerprint density at radius 2 is 1.94 bits per heavy atom. The summed E-state index contributed by atoms with van der Waals surface area (Å²) >= 11 is 1.76. The van der Waals surface area contributed by atoms with Crippen LogP contribution in [0.1, 0.15) is 5.69 Å². The molecule has 0 amide bonds. The smallest absolute Gasteiger partial charge is 0.0687 e. The Morgan fingerprint density at radius 1 is 1.12 bits per heavy atom. The maximum Gasteiger partial charge on any atom is 0.0687 e. The summed E-state index contributed by atoms with van der Waals surface area (Å²) in [4.78, 5) is 1.27. The van der Waals surface area contributed by atoms with Crippen molar-refractivity contribution in [2.45, 2.75) is 6.92 Å². The molecule has 78 valence electrons. The van der Waals surface area contributed by atoms with Gasteiger partial charge in [0.1, 0.15) is 0 Å². The van der Waals surface area contributed by atoms with Crippen molar-refractivity contribution in [2.75, 3.05) is 0 Å². The Hall–Kier alpha value is -1.74. The topological polar surface area (TPSA) is 25.8 Å². The highest BCUT2D eigenvalue weighted by Crippen LogP contribution is 2.33. The van der Waals surface area contributed by atoms with E-state index in [-0.39, 0.29) is 0 Å². The minimum absolute atomic E-state index is 0.996. The van der Waals surface area contributed by atoms with E-state index >= 15 is 0 Å². The van der Waals surface area contributed by atoms with Crippen LogP contribution in [-0.4, -0.2) is 10.2 Å². The molecule has 3 rings (SSSR count). The fraction of sp³-hybridized carbons (Fsp3) is 0.0769. The average Bonchev–Trinajstić information content (AvgIpc) is 2.76. The Labute approximate surface area is 97.6 Å². The second kappa shape index (κ2) is 3.68. The van der Waals surface area contributed by atoms with Gasteiger partial charge in [-0.15, -0.1) is 11.3 Å². The molecule has 0 N–H and O–H groups in total. The SMILES string of the molecule is Cc1nncc2sc(-c3ccccc3)cc12. The molecule has 0 saturated carbocycles. The lowest BCUT2D eigenvalue weighted by Crippen LogP contribution is -1.83. The predicted molar refractivity (Wildman–Crippen MR) is 67.6 cm³/mol. The number of rotatable bonds is 1. The highest BCUT2D eigenvalue weighted by Gasteiger charge is 2.06. The molecule has 0 atom stereocenters. The standard InChI is InChI=1S/C13H10N2S/c1-9-11-7-12(10-5-3-2-4-6-10)16-13(11)8-14-15-9/h2-8H,1H3. The number of aryl methyl sites for hydroxylation is 1. The van der Waals surface area contributed by atoms with E-state index in [1.807, 2.05) is 19.2 Å². The van der Waals surface area contributed by atoms with Gasteiger partial charge in [0.2, 0.25) is 0 Å². The summed E-state index contributed by atoms with van der Waals surface area (Å²) in [7, 11) is 0. The van der Waals surface area contributed by atoms with E-state index in [0.717, 1.165) is 5.69 Å². The second-order valence-electron chi connectivity index (χ2n) is 3.68. The summed E-state index contributed by atoms with van der Waals surface area (Å²) < 4.78 is 1.20. The molecule has 2 nitrogen and oxygen atoms in total. The first-order chi connectivity index (χ1) is 7.84. The van der Waals surface area contributed by atoms with Crippen LogP contribution in [-0.2, 0) is 0 Å². The Bertz CT molecular complexity index is 629.